The number of nitrogens with one attached hydrogen (secondary N) is 1. The molecule has 0 aliphatic rings. The molecular weight excluding hydrogens is 387 g/mol. The van der Waals surface area contributed by atoms with Gasteiger partial charge in [0.25, 0.3) is 0 Å². The number of hydrogen-bond acceptors (Lipinski definition) is 4. The average molecular weight is 399 g/mol. The maximum absolute atomic E-state index is 13.2. The van der Waals surface area contributed by atoms with Gasteiger partial charge in [-0.1, -0.05) is 11.3 Å². The third kappa shape index (κ3) is 2.66. The topological polar surface area (TPSA) is 58.9 Å². The molecule has 0 fully saturated rings. The second-order valence-electron chi connectivity index (χ2n) is 6.38. The Morgan fingerprint density at radius 1 is 1.04 bits per heavy atom. The molecule has 0 aliphatic carbocycles. The van der Waals surface area contributed by atoms with Crippen LogP contribution in [-0.2, 0) is 6.18 Å². The molecule has 0 unspecified atom stereocenters. The first kappa shape index (κ1) is 16.9. The lowest BCUT2D eigenvalue weighted by Gasteiger charge is -2.10. The van der Waals surface area contributed by atoms with E-state index in [9.17, 15) is 13.2 Å². The first-order valence-electron chi connectivity index (χ1n) is 8.36. The number of nitrogens with zero attached hydrogens (tertiary/aromatic N) is 4. The number of pyridine rings is 1. The monoisotopic (exact) mass is 399 g/mol. The number of hydrogen-bond donors (Lipinski definition) is 1. The van der Waals surface area contributed by atoms with Crippen LogP contribution in [0.3, 0.4) is 0 Å². The SMILES string of the molecule is Cc1ncc(-c2cnc3sc(-c4ccc5[nH]ccc5c4)nn23)cc1C(F)(F)F. The molecule has 0 spiro atoms. The molecule has 5 aromatic rings. The summed E-state index contributed by atoms with van der Waals surface area (Å²) < 4.78 is 41.3. The van der Waals surface area contributed by atoms with Crippen LogP contribution in [0.25, 0.3) is 37.7 Å². The van der Waals surface area contributed by atoms with E-state index < -0.39 is 11.7 Å². The summed E-state index contributed by atoms with van der Waals surface area (Å²) in [6, 6.07) is 9.00. The van der Waals surface area contributed by atoms with E-state index in [1.807, 2.05) is 30.5 Å². The van der Waals surface area contributed by atoms with Crippen molar-refractivity contribution in [3.63, 3.8) is 0 Å². The van der Waals surface area contributed by atoms with Crippen molar-refractivity contribution >= 4 is 27.2 Å². The first-order chi connectivity index (χ1) is 13.4. The Labute approximate surface area is 160 Å². The van der Waals surface area contributed by atoms with E-state index in [0.717, 1.165) is 27.5 Å². The zero-order chi connectivity index (χ0) is 19.5. The molecule has 5 rings (SSSR count). The molecular formula is C19H12F3N5S. The Kier molecular flexibility index (Phi) is 3.57. The van der Waals surface area contributed by atoms with Gasteiger partial charge in [-0.3, -0.25) is 4.98 Å². The molecule has 28 heavy (non-hydrogen) atoms. The maximum Gasteiger partial charge on any atom is 0.418 e. The lowest BCUT2D eigenvalue weighted by atomic mass is 10.1. The number of aromatic nitrogens is 5. The molecule has 0 saturated carbocycles. The summed E-state index contributed by atoms with van der Waals surface area (Å²) in [4.78, 5) is 12.0. The zero-order valence-electron chi connectivity index (χ0n) is 14.4. The minimum atomic E-state index is -4.46. The highest BCUT2D eigenvalue weighted by atomic mass is 32.1. The third-order valence-corrected chi connectivity index (χ3v) is 5.55. The van der Waals surface area contributed by atoms with Crippen LogP contribution in [-0.4, -0.2) is 24.6 Å². The highest BCUT2D eigenvalue weighted by Gasteiger charge is 2.33. The number of alkyl halides is 3. The molecule has 0 radical (unpaired) electrons. The highest BCUT2D eigenvalue weighted by Crippen LogP contribution is 2.35. The van der Waals surface area contributed by atoms with Crippen LogP contribution in [0.15, 0.2) is 48.9 Å². The van der Waals surface area contributed by atoms with Gasteiger partial charge in [-0.05, 0) is 37.3 Å². The maximum atomic E-state index is 13.2. The second kappa shape index (κ2) is 5.90. The molecule has 0 amide bonds. The molecule has 5 nitrogen and oxygen atoms in total. The summed E-state index contributed by atoms with van der Waals surface area (Å²) in [5, 5.41) is 6.38. The van der Waals surface area contributed by atoms with Gasteiger partial charge in [-0.2, -0.15) is 18.3 Å². The number of aryl methyl sites for hydroxylation is 1. The van der Waals surface area contributed by atoms with Crippen molar-refractivity contribution in [1.29, 1.82) is 0 Å². The molecule has 0 saturated heterocycles. The number of benzene rings is 1. The van der Waals surface area contributed by atoms with Gasteiger partial charge >= 0.3 is 6.18 Å². The van der Waals surface area contributed by atoms with Gasteiger partial charge in [0.2, 0.25) is 4.96 Å². The minimum Gasteiger partial charge on any atom is -0.361 e. The summed E-state index contributed by atoms with van der Waals surface area (Å²) >= 11 is 1.38. The third-order valence-electron chi connectivity index (χ3n) is 4.57. The van der Waals surface area contributed by atoms with E-state index in [2.05, 4.69) is 20.1 Å². The largest absolute Gasteiger partial charge is 0.418 e. The summed E-state index contributed by atoms with van der Waals surface area (Å²) in [6.45, 7) is 1.34. The smallest absolute Gasteiger partial charge is 0.361 e. The zero-order valence-corrected chi connectivity index (χ0v) is 15.3. The van der Waals surface area contributed by atoms with Crippen molar-refractivity contribution < 1.29 is 13.2 Å². The first-order valence-corrected chi connectivity index (χ1v) is 9.18. The van der Waals surface area contributed by atoms with E-state index >= 15 is 0 Å². The van der Waals surface area contributed by atoms with Crippen molar-refractivity contribution in [2.75, 3.05) is 0 Å². The fourth-order valence-electron chi connectivity index (χ4n) is 3.15. The quantitative estimate of drug-likeness (QED) is 0.437. The predicted octanol–water partition coefficient (Wildman–Crippen LogP) is 5.33. The Morgan fingerprint density at radius 3 is 2.71 bits per heavy atom. The summed E-state index contributed by atoms with van der Waals surface area (Å²) in [7, 11) is 0. The van der Waals surface area contributed by atoms with Crippen molar-refractivity contribution in [2.24, 2.45) is 0 Å². The second-order valence-corrected chi connectivity index (χ2v) is 7.34. The average Bonchev–Trinajstić information content (AvgIpc) is 3.35. The van der Waals surface area contributed by atoms with Gasteiger partial charge in [-0.25, -0.2) is 9.50 Å². The predicted molar refractivity (Wildman–Crippen MR) is 101 cm³/mol. The normalized spacial score (nSPS) is 12.3. The highest BCUT2D eigenvalue weighted by molar-refractivity contribution is 7.19. The Hall–Kier alpha value is -3.20. The van der Waals surface area contributed by atoms with Crippen LogP contribution in [0.2, 0.25) is 0 Å². The van der Waals surface area contributed by atoms with Crippen LogP contribution in [0.1, 0.15) is 11.3 Å². The molecule has 4 heterocycles. The van der Waals surface area contributed by atoms with Crippen molar-refractivity contribution in [3.05, 3.63) is 60.2 Å². The van der Waals surface area contributed by atoms with Gasteiger partial charge in [0.05, 0.1) is 17.5 Å². The fourth-order valence-corrected chi connectivity index (χ4v) is 4.02. The molecule has 0 bridgehead atoms. The van der Waals surface area contributed by atoms with Crippen LogP contribution in [0.4, 0.5) is 13.2 Å². The lowest BCUT2D eigenvalue weighted by Crippen LogP contribution is -2.09. The van der Waals surface area contributed by atoms with Gasteiger partial charge in [0.15, 0.2) is 0 Å². The number of H-pyrrole nitrogens is 1. The van der Waals surface area contributed by atoms with Gasteiger partial charge in [-0.15, -0.1) is 0 Å². The number of rotatable bonds is 2. The van der Waals surface area contributed by atoms with Crippen LogP contribution < -0.4 is 0 Å². The van der Waals surface area contributed by atoms with Crippen molar-refractivity contribution in [1.82, 2.24) is 24.6 Å². The molecule has 0 aliphatic heterocycles. The van der Waals surface area contributed by atoms with Crippen LogP contribution in [0, 0.1) is 6.92 Å². The molecule has 1 N–H and O–H groups in total. The van der Waals surface area contributed by atoms with E-state index in [4.69, 9.17) is 0 Å². The fraction of sp³-hybridized carbons (Fsp3) is 0.105. The molecule has 1 aromatic carbocycles. The number of imidazole rings is 1. The van der Waals surface area contributed by atoms with Gasteiger partial charge < -0.3 is 4.98 Å². The van der Waals surface area contributed by atoms with Crippen LogP contribution in [0.5, 0.6) is 0 Å². The van der Waals surface area contributed by atoms with Gasteiger partial charge in [0, 0.05) is 40.1 Å². The molecule has 0 atom stereocenters. The van der Waals surface area contributed by atoms with Crippen LogP contribution >= 0.6 is 11.3 Å². The van der Waals surface area contributed by atoms with E-state index in [0.29, 0.717) is 16.2 Å². The van der Waals surface area contributed by atoms with Crippen molar-refractivity contribution in [3.8, 4) is 21.8 Å². The number of aromatic amines is 1. The lowest BCUT2D eigenvalue weighted by molar-refractivity contribution is -0.138. The summed E-state index contributed by atoms with van der Waals surface area (Å²) in [5.74, 6) is 0. The Balaban J connectivity index is 1.62. The summed E-state index contributed by atoms with van der Waals surface area (Å²) in [5.41, 5.74) is 1.92. The van der Waals surface area contributed by atoms with Gasteiger partial charge in [0.1, 0.15) is 5.01 Å². The molecule has 4 aromatic heterocycles. The van der Waals surface area contributed by atoms with E-state index in [1.165, 1.54) is 30.7 Å². The Morgan fingerprint density at radius 2 is 1.89 bits per heavy atom. The molecule has 9 heteroatoms. The van der Waals surface area contributed by atoms with E-state index in [-0.39, 0.29) is 5.69 Å². The number of fused-ring (bicyclic) bond motifs is 2. The van der Waals surface area contributed by atoms with Crippen molar-refractivity contribution in [2.45, 2.75) is 13.1 Å². The minimum absolute atomic E-state index is 0.0595. The standard InChI is InChI=1S/C19H12F3N5S/c1-10-14(19(20,21)22)7-13(8-24-10)16-9-25-18-27(16)26-17(28-18)12-2-3-15-11(6-12)4-5-23-15/h2-9,23H,1H3. The summed E-state index contributed by atoms with van der Waals surface area (Å²) in [6.07, 6.45) is 0.337. The Bertz CT molecular complexity index is 1330. The molecule has 140 valence electrons. The number of halogens is 3. The van der Waals surface area contributed by atoms with E-state index in [1.54, 1.807) is 4.52 Å².